The van der Waals surface area contributed by atoms with Gasteiger partial charge in [-0.3, -0.25) is 4.79 Å². The van der Waals surface area contributed by atoms with Gasteiger partial charge in [0.25, 0.3) is 5.56 Å². The zero-order chi connectivity index (χ0) is 22.2. The fourth-order valence-corrected chi connectivity index (χ4v) is 3.09. The molecule has 3 rings (SSSR count). The van der Waals surface area contributed by atoms with Crippen LogP contribution in [0.4, 0.5) is 19.5 Å². The van der Waals surface area contributed by atoms with Crippen LogP contribution in [0.5, 0.6) is 0 Å². The van der Waals surface area contributed by atoms with E-state index in [9.17, 15) is 18.4 Å². The van der Waals surface area contributed by atoms with Crippen LogP contribution in [0.2, 0.25) is 0 Å². The van der Waals surface area contributed by atoms with Crippen LogP contribution in [-0.4, -0.2) is 27.8 Å². The van der Waals surface area contributed by atoms with Crippen molar-refractivity contribution in [2.75, 3.05) is 11.4 Å². The van der Waals surface area contributed by atoms with Crippen molar-refractivity contribution in [1.29, 1.82) is 0 Å². The Morgan fingerprint density at radius 1 is 1.17 bits per heavy atom. The van der Waals surface area contributed by atoms with E-state index in [0.717, 1.165) is 22.3 Å². The molecule has 0 aliphatic carbocycles. The number of halogens is 2. The number of nitrogens with zero attached hydrogens (tertiary/aromatic N) is 3. The van der Waals surface area contributed by atoms with Crippen molar-refractivity contribution >= 4 is 22.9 Å². The summed E-state index contributed by atoms with van der Waals surface area (Å²) in [7, 11) is 0. The molecule has 2 aromatic carbocycles. The molecule has 1 heterocycles. The number of aromatic nitrogens is 2. The number of benzene rings is 2. The number of aryl methyl sites for hydroxylation is 1. The van der Waals surface area contributed by atoms with Crippen LogP contribution in [0.15, 0.2) is 41.2 Å². The van der Waals surface area contributed by atoms with Crippen LogP contribution in [0.3, 0.4) is 0 Å². The Morgan fingerprint density at radius 3 is 2.37 bits per heavy atom. The Hall–Kier alpha value is -3.29. The van der Waals surface area contributed by atoms with Crippen LogP contribution in [0.1, 0.15) is 33.3 Å². The molecule has 0 radical (unpaired) electrons. The summed E-state index contributed by atoms with van der Waals surface area (Å²) in [6, 6.07) is 7.80. The van der Waals surface area contributed by atoms with Gasteiger partial charge in [-0.2, -0.15) is 0 Å². The summed E-state index contributed by atoms with van der Waals surface area (Å²) in [5, 5.41) is 0.267. The first-order valence-electron chi connectivity index (χ1n) is 9.51. The van der Waals surface area contributed by atoms with E-state index in [4.69, 9.17) is 4.74 Å². The van der Waals surface area contributed by atoms with E-state index in [0.29, 0.717) is 11.6 Å². The van der Waals surface area contributed by atoms with Crippen molar-refractivity contribution in [2.45, 2.75) is 40.2 Å². The Labute approximate surface area is 172 Å². The highest BCUT2D eigenvalue weighted by molar-refractivity contribution is 5.89. The average molecular weight is 415 g/mol. The van der Waals surface area contributed by atoms with E-state index in [1.54, 1.807) is 52.8 Å². The highest BCUT2D eigenvalue weighted by Gasteiger charge is 2.27. The maximum Gasteiger partial charge on any atom is 0.417 e. The Kier molecular flexibility index (Phi) is 5.61. The highest BCUT2D eigenvalue weighted by atomic mass is 19.1. The summed E-state index contributed by atoms with van der Waals surface area (Å²) >= 11 is 0. The zero-order valence-corrected chi connectivity index (χ0v) is 17.5. The van der Waals surface area contributed by atoms with E-state index in [2.05, 4.69) is 4.98 Å². The molecular formula is C22H23F2N3O3. The van der Waals surface area contributed by atoms with Crippen LogP contribution in [0, 0.1) is 18.6 Å². The van der Waals surface area contributed by atoms with Gasteiger partial charge in [-0.1, -0.05) is 12.1 Å². The Morgan fingerprint density at radius 2 is 1.80 bits per heavy atom. The molecule has 0 bridgehead atoms. The molecule has 8 heteroatoms. The molecule has 0 fully saturated rings. The molecule has 0 spiro atoms. The van der Waals surface area contributed by atoms with Gasteiger partial charge in [0.05, 0.1) is 16.6 Å². The lowest BCUT2D eigenvalue weighted by atomic mass is 10.1. The molecule has 30 heavy (non-hydrogen) atoms. The van der Waals surface area contributed by atoms with Gasteiger partial charge in [-0.15, -0.1) is 0 Å². The van der Waals surface area contributed by atoms with Gasteiger partial charge in [0, 0.05) is 12.6 Å². The second-order valence-corrected chi connectivity index (χ2v) is 7.88. The third kappa shape index (κ3) is 4.17. The summed E-state index contributed by atoms with van der Waals surface area (Å²) in [4.78, 5) is 31.9. The average Bonchev–Trinajstić information content (AvgIpc) is 2.61. The molecule has 0 atom stereocenters. The number of hydrogen-bond donors (Lipinski definition) is 0. The second-order valence-electron chi connectivity index (χ2n) is 7.88. The van der Waals surface area contributed by atoms with Gasteiger partial charge in [0.1, 0.15) is 17.2 Å². The molecule has 0 N–H and O–H groups in total. The maximum absolute atomic E-state index is 13.9. The first-order chi connectivity index (χ1) is 14.0. The van der Waals surface area contributed by atoms with Gasteiger partial charge < -0.3 is 4.74 Å². The number of fused-ring (bicyclic) bond motifs is 1. The fourth-order valence-electron chi connectivity index (χ4n) is 3.09. The highest BCUT2D eigenvalue weighted by Crippen LogP contribution is 2.24. The van der Waals surface area contributed by atoms with E-state index in [1.165, 1.54) is 4.90 Å². The van der Waals surface area contributed by atoms with Gasteiger partial charge in [-0.05, 0) is 58.4 Å². The van der Waals surface area contributed by atoms with E-state index in [1.807, 2.05) is 0 Å². The molecule has 0 aliphatic rings. The predicted octanol–water partition coefficient (Wildman–Crippen LogP) is 4.73. The van der Waals surface area contributed by atoms with Gasteiger partial charge in [0.15, 0.2) is 0 Å². The van der Waals surface area contributed by atoms with E-state index >= 15 is 0 Å². The zero-order valence-electron chi connectivity index (χ0n) is 17.5. The molecule has 1 aromatic heterocycles. The summed E-state index contributed by atoms with van der Waals surface area (Å²) in [6.07, 6.45) is -0.726. The smallest absolute Gasteiger partial charge is 0.417 e. The Bertz CT molecular complexity index is 1160. The van der Waals surface area contributed by atoms with Crippen LogP contribution in [-0.2, 0) is 4.74 Å². The van der Waals surface area contributed by atoms with Crippen molar-refractivity contribution in [3.63, 3.8) is 0 Å². The lowest BCUT2D eigenvalue weighted by Gasteiger charge is -2.27. The largest absolute Gasteiger partial charge is 0.443 e. The topological polar surface area (TPSA) is 64.4 Å². The van der Waals surface area contributed by atoms with Crippen LogP contribution < -0.4 is 10.5 Å². The van der Waals surface area contributed by atoms with E-state index < -0.39 is 28.9 Å². The number of carbonyl (C=O) groups excluding carboxylic acids is 1. The monoisotopic (exact) mass is 415 g/mol. The van der Waals surface area contributed by atoms with Crippen molar-refractivity contribution in [3.05, 3.63) is 63.9 Å². The maximum atomic E-state index is 13.9. The minimum Gasteiger partial charge on any atom is -0.443 e. The first-order valence-corrected chi connectivity index (χ1v) is 9.51. The molecule has 6 nitrogen and oxygen atoms in total. The summed E-state index contributed by atoms with van der Waals surface area (Å²) in [5.74, 6) is -1.79. The minimum absolute atomic E-state index is 0.0783. The molecule has 1 amide bonds. The number of rotatable bonds is 3. The molecule has 158 valence electrons. The standard InChI is InChI=1S/C22H23F2N3O3/c1-6-26(21(29)30-22(3,4)5)20-25-18-13(2)8-7-9-17(18)19(28)27(20)16-11-14(23)10-15(24)12-16/h7-12H,6H2,1-5H3. The summed E-state index contributed by atoms with van der Waals surface area (Å²) < 4.78 is 34.4. The van der Waals surface area contributed by atoms with Crippen LogP contribution in [0.25, 0.3) is 16.6 Å². The third-order valence-electron chi connectivity index (χ3n) is 4.36. The minimum atomic E-state index is -0.854. The van der Waals surface area contributed by atoms with Crippen molar-refractivity contribution in [2.24, 2.45) is 0 Å². The lowest BCUT2D eigenvalue weighted by molar-refractivity contribution is 0.0579. The molecule has 0 aliphatic heterocycles. The van der Waals surface area contributed by atoms with Gasteiger partial charge in [-0.25, -0.2) is 28.0 Å². The van der Waals surface area contributed by atoms with Gasteiger partial charge >= 0.3 is 6.09 Å². The molecule has 0 saturated heterocycles. The number of para-hydroxylation sites is 1. The third-order valence-corrected chi connectivity index (χ3v) is 4.36. The number of anilines is 1. The fraction of sp³-hybridized carbons (Fsp3) is 0.318. The van der Waals surface area contributed by atoms with Crippen molar-refractivity contribution in [3.8, 4) is 5.69 Å². The molecule has 0 unspecified atom stereocenters. The first kappa shape index (κ1) is 21.4. The number of carbonyl (C=O) groups is 1. The molecule has 0 saturated carbocycles. The van der Waals surface area contributed by atoms with Crippen molar-refractivity contribution in [1.82, 2.24) is 9.55 Å². The van der Waals surface area contributed by atoms with Gasteiger partial charge in [0.2, 0.25) is 5.95 Å². The number of hydrogen-bond acceptors (Lipinski definition) is 4. The van der Waals surface area contributed by atoms with Crippen molar-refractivity contribution < 1.29 is 18.3 Å². The Balaban J connectivity index is 2.37. The van der Waals surface area contributed by atoms with Crippen LogP contribution >= 0.6 is 0 Å². The number of ether oxygens (including phenoxy) is 1. The molecule has 3 aromatic rings. The van der Waals surface area contributed by atoms with E-state index in [-0.39, 0.29) is 23.6 Å². The summed E-state index contributed by atoms with van der Waals surface area (Å²) in [6.45, 7) is 8.74. The SMILES string of the molecule is CCN(C(=O)OC(C)(C)C)c1nc2c(C)cccc2c(=O)n1-c1cc(F)cc(F)c1. The quantitative estimate of drug-likeness (QED) is 0.620. The summed E-state index contributed by atoms with van der Waals surface area (Å²) in [5.41, 5.74) is -0.291. The lowest BCUT2D eigenvalue weighted by Crippen LogP contribution is -2.40. The molecular weight excluding hydrogens is 392 g/mol. The number of amides is 1. The predicted molar refractivity (Wildman–Crippen MR) is 111 cm³/mol. The normalized spacial score (nSPS) is 11.6. The second kappa shape index (κ2) is 7.85.